The van der Waals surface area contributed by atoms with Gasteiger partial charge >= 0.3 is 0 Å². The van der Waals surface area contributed by atoms with Gasteiger partial charge in [-0.05, 0) is 31.2 Å². The Morgan fingerprint density at radius 2 is 2.07 bits per heavy atom. The van der Waals surface area contributed by atoms with Gasteiger partial charge in [0.15, 0.2) is 6.20 Å². The van der Waals surface area contributed by atoms with Crippen molar-refractivity contribution in [2.75, 3.05) is 11.9 Å². The molecule has 0 unspecified atom stereocenters. The molecule has 1 aromatic carbocycles. The average molecular weight is 417 g/mol. The van der Waals surface area contributed by atoms with E-state index in [9.17, 15) is 4.79 Å². The molecular weight excluding hydrogens is 398 g/mol. The monoisotopic (exact) mass is 416 g/mol. The summed E-state index contributed by atoms with van der Waals surface area (Å²) in [4.78, 5) is 16.3. The molecule has 1 aliphatic rings. The van der Waals surface area contributed by atoms with Crippen LogP contribution in [0.15, 0.2) is 52.3 Å². The van der Waals surface area contributed by atoms with Gasteiger partial charge in [0.05, 0.1) is 5.69 Å². The van der Waals surface area contributed by atoms with Crippen molar-refractivity contribution in [1.82, 2.24) is 4.57 Å². The molecule has 0 saturated heterocycles. The summed E-state index contributed by atoms with van der Waals surface area (Å²) < 4.78 is 5.60. The summed E-state index contributed by atoms with van der Waals surface area (Å²) in [5.74, 6) is 0. The normalized spacial score (nSPS) is 16.1. The van der Waals surface area contributed by atoms with Gasteiger partial charge in [-0.2, -0.15) is 0 Å². The maximum atomic E-state index is 13.1. The molecule has 138 valence electrons. The van der Waals surface area contributed by atoms with Crippen LogP contribution in [0.4, 0.5) is 5.69 Å². The standard InChI is InChI=1S/C20H19ClN3OS2/c1-4-24-17(12-14-7-5-6-10-22(14)2)27-18(19(24)25)20-23(3)15-11-13(21)8-9-16(15)26-20/h5-12H,4H2,1-3H3/q+1/b20-18-. The topological polar surface area (TPSA) is 29.1 Å². The second kappa shape index (κ2) is 7.19. The molecule has 4 nitrogen and oxygen atoms in total. The number of benzene rings is 1. The first-order chi connectivity index (χ1) is 13.0. The zero-order chi connectivity index (χ0) is 19.1. The number of nitrogens with zero attached hydrogens (tertiary/aromatic N) is 3. The number of hydrogen-bond donors (Lipinski definition) is 0. The number of aromatic nitrogens is 2. The van der Waals surface area contributed by atoms with Crippen LogP contribution in [0.5, 0.6) is 0 Å². The van der Waals surface area contributed by atoms with Crippen molar-refractivity contribution < 1.29 is 4.57 Å². The molecule has 0 N–H and O–H groups in total. The molecule has 0 fully saturated rings. The second-order valence-electron chi connectivity index (χ2n) is 6.28. The van der Waals surface area contributed by atoms with Crippen LogP contribution in [0.2, 0.25) is 5.02 Å². The highest BCUT2D eigenvalue weighted by atomic mass is 35.5. The molecule has 0 aliphatic carbocycles. The van der Waals surface area contributed by atoms with E-state index in [4.69, 9.17) is 11.6 Å². The fourth-order valence-corrected chi connectivity index (χ4v) is 5.71. The molecule has 0 atom stereocenters. The summed E-state index contributed by atoms with van der Waals surface area (Å²) in [6.45, 7) is 2.64. The number of anilines is 1. The van der Waals surface area contributed by atoms with Gasteiger partial charge in [-0.3, -0.25) is 9.36 Å². The van der Waals surface area contributed by atoms with Crippen molar-refractivity contribution in [2.45, 2.75) is 18.4 Å². The minimum absolute atomic E-state index is 0.0561. The Morgan fingerprint density at radius 3 is 2.81 bits per heavy atom. The van der Waals surface area contributed by atoms with Gasteiger partial charge in [0, 0.05) is 41.7 Å². The summed E-state index contributed by atoms with van der Waals surface area (Å²) in [7, 11) is 3.99. The van der Waals surface area contributed by atoms with Gasteiger partial charge < -0.3 is 4.90 Å². The number of aryl methyl sites for hydroxylation is 1. The van der Waals surface area contributed by atoms with Crippen molar-refractivity contribution in [3.63, 3.8) is 0 Å². The fraction of sp³-hybridized carbons (Fsp3) is 0.200. The molecule has 0 saturated carbocycles. The van der Waals surface area contributed by atoms with Gasteiger partial charge in [0.25, 0.3) is 5.56 Å². The minimum atomic E-state index is 0.0561. The van der Waals surface area contributed by atoms with Crippen molar-refractivity contribution >= 4 is 51.5 Å². The maximum absolute atomic E-state index is 13.1. The first-order valence-corrected chi connectivity index (χ1v) is 10.6. The molecule has 3 heterocycles. The third-order valence-corrected chi connectivity index (χ3v) is 7.30. The Labute approximate surface area is 170 Å². The van der Waals surface area contributed by atoms with E-state index < -0.39 is 0 Å². The molecule has 0 amide bonds. The van der Waals surface area contributed by atoms with E-state index >= 15 is 0 Å². The van der Waals surface area contributed by atoms with Gasteiger partial charge in [-0.25, -0.2) is 4.57 Å². The van der Waals surface area contributed by atoms with Crippen molar-refractivity contribution in [1.29, 1.82) is 0 Å². The van der Waals surface area contributed by atoms with E-state index in [2.05, 4.69) is 11.0 Å². The molecule has 2 aromatic heterocycles. The number of thioether (sulfide) groups is 1. The highest BCUT2D eigenvalue weighted by molar-refractivity contribution is 8.08. The van der Waals surface area contributed by atoms with Crippen molar-refractivity contribution in [2.24, 2.45) is 7.05 Å². The summed E-state index contributed by atoms with van der Waals surface area (Å²) in [6.07, 6.45) is 4.08. The number of thiazole rings is 1. The average Bonchev–Trinajstić information content (AvgIpc) is 3.14. The molecule has 1 aliphatic heterocycles. The van der Waals surface area contributed by atoms with Gasteiger partial charge in [0.1, 0.15) is 21.3 Å². The smallest absolute Gasteiger partial charge is 0.271 e. The summed E-state index contributed by atoms with van der Waals surface area (Å²) >= 11 is 9.32. The first kappa shape index (κ1) is 18.3. The molecule has 3 aromatic rings. The van der Waals surface area contributed by atoms with Crippen LogP contribution in [0.25, 0.3) is 11.1 Å². The third-order valence-electron chi connectivity index (χ3n) is 4.58. The lowest BCUT2D eigenvalue weighted by Crippen LogP contribution is -2.34. The van der Waals surface area contributed by atoms with Crippen molar-refractivity contribution in [3.8, 4) is 0 Å². The van der Waals surface area contributed by atoms with Crippen LogP contribution in [0.3, 0.4) is 0 Å². The number of rotatable bonds is 2. The number of halogens is 1. The van der Waals surface area contributed by atoms with E-state index in [1.165, 1.54) is 11.3 Å². The predicted molar refractivity (Wildman–Crippen MR) is 114 cm³/mol. The lowest BCUT2D eigenvalue weighted by molar-refractivity contribution is -0.673. The Balaban J connectivity index is 1.94. The Kier molecular flexibility index (Phi) is 4.88. The van der Waals surface area contributed by atoms with E-state index in [-0.39, 0.29) is 5.56 Å². The molecule has 0 spiro atoms. The zero-order valence-electron chi connectivity index (χ0n) is 15.3. The minimum Gasteiger partial charge on any atom is -0.337 e. The molecule has 0 radical (unpaired) electrons. The van der Waals surface area contributed by atoms with E-state index in [0.29, 0.717) is 11.6 Å². The second-order valence-corrected chi connectivity index (χ2v) is 8.78. The number of fused-ring (bicyclic) bond motifs is 1. The van der Waals surface area contributed by atoms with E-state index in [1.807, 2.05) is 72.7 Å². The SMILES string of the molecule is CCn1c(=O)/c(=C2/Sc3ccc(Cl)cc3N2C)s/c1=C/c1cccc[n+]1C. The molecular formula is C20H19ClN3OS2+. The van der Waals surface area contributed by atoms with E-state index in [1.54, 1.807) is 11.8 Å². The first-order valence-electron chi connectivity index (χ1n) is 8.61. The molecule has 27 heavy (non-hydrogen) atoms. The highest BCUT2D eigenvalue weighted by Crippen LogP contribution is 2.46. The highest BCUT2D eigenvalue weighted by Gasteiger charge is 2.25. The molecule has 7 heteroatoms. The van der Waals surface area contributed by atoms with Crippen LogP contribution in [0, 0.1) is 0 Å². The van der Waals surface area contributed by atoms with Crippen LogP contribution in [-0.2, 0) is 13.6 Å². The van der Waals surface area contributed by atoms with Gasteiger partial charge in [-0.1, -0.05) is 23.4 Å². The Bertz CT molecular complexity index is 1210. The van der Waals surface area contributed by atoms with Gasteiger partial charge in [0.2, 0.25) is 5.69 Å². The van der Waals surface area contributed by atoms with Crippen LogP contribution in [0.1, 0.15) is 12.6 Å². The van der Waals surface area contributed by atoms with Crippen LogP contribution >= 0.6 is 34.7 Å². The fourth-order valence-electron chi connectivity index (χ4n) is 3.10. The summed E-state index contributed by atoms with van der Waals surface area (Å²) in [5, 5.41) is 1.66. The largest absolute Gasteiger partial charge is 0.337 e. The quantitative estimate of drug-likeness (QED) is 0.601. The summed E-state index contributed by atoms with van der Waals surface area (Å²) in [6, 6.07) is 11.9. The van der Waals surface area contributed by atoms with E-state index in [0.717, 1.165) is 30.5 Å². The lowest BCUT2D eigenvalue weighted by atomic mass is 10.3. The van der Waals surface area contributed by atoms with Crippen LogP contribution in [-0.4, -0.2) is 11.6 Å². The third kappa shape index (κ3) is 3.22. The Hall–Kier alpha value is -2.02. The summed E-state index contributed by atoms with van der Waals surface area (Å²) in [5.41, 5.74) is 2.15. The maximum Gasteiger partial charge on any atom is 0.271 e. The Morgan fingerprint density at radius 1 is 1.26 bits per heavy atom. The van der Waals surface area contributed by atoms with Crippen LogP contribution < -0.4 is 24.2 Å². The zero-order valence-corrected chi connectivity index (χ0v) is 17.7. The number of pyridine rings is 1. The lowest BCUT2D eigenvalue weighted by Gasteiger charge is -2.12. The number of hydrogen-bond acceptors (Lipinski definition) is 4. The molecule has 0 bridgehead atoms. The van der Waals surface area contributed by atoms with Crippen molar-refractivity contribution in [3.05, 3.63) is 72.9 Å². The molecule has 4 rings (SSSR count). The van der Waals surface area contributed by atoms with Gasteiger partial charge in [-0.15, -0.1) is 11.3 Å². The predicted octanol–water partition coefficient (Wildman–Crippen LogP) is 2.54.